The lowest BCUT2D eigenvalue weighted by Crippen LogP contribution is -2.51. The van der Waals surface area contributed by atoms with E-state index >= 15 is 0 Å². The molecule has 0 bridgehead atoms. The molecule has 1 heterocycles. The second-order valence-corrected chi connectivity index (χ2v) is 7.45. The predicted octanol–water partition coefficient (Wildman–Crippen LogP) is 4.57. The van der Waals surface area contributed by atoms with E-state index < -0.39 is 0 Å². The third-order valence-corrected chi connectivity index (χ3v) is 5.31. The minimum Gasteiger partial charge on any atom is -0.368 e. The van der Waals surface area contributed by atoms with Gasteiger partial charge in [-0.15, -0.1) is 0 Å². The fraction of sp³-hybridized carbons (Fsp3) is 0.286. The molecule has 3 rings (SSSR count). The van der Waals surface area contributed by atoms with Crippen LogP contribution in [0.25, 0.3) is 6.08 Å². The molecule has 0 atom stereocenters. The maximum absolute atomic E-state index is 12.4. The highest BCUT2D eigenvalue weighted by atomic mass is 79.9. The number of aryl methyl sites for hydroxylation is 1. The number of amides is 2. The lowest BCUT2D eigenvalue weighted by Gasteiger charge is -2.36. The Balaban J connectivity index is 1.53. The second-order valence-electron chi connectivity index (χ2n) is 6.53. The first-order valence-corrected chi connectivity index (χ1v) is 9.62. The molecule has 4 nitrogen and oxygen atoms in total. The molecular weight excluding hydrogens is 390 g/mol. The second kappa shape index (κ2) is 8.41. The lowest BCUT2D eigenvalue weighted by atomic mass is 10.1. The lowest BCUT2D eigenvalue weighted by molar-refractivity contribution is 0.198. The fourth-order valence-corrected chi connectivity index (χ4v) is 3.56. The molecule has 0 radical (unpaired) electrons. The summed E-state index contributed by atoms with van der Waals surface area (Å²) in [6.07, 6.45) is 3.61. The number of halogens is 1. The number of piperazine rings is 1. The molecule has 1 N–H and O–H groups in total. The summed E-state index contributed by atoms with van der Waals surface area (Å²) in [5.74, 6) is 0. The topological polar surface area (TPSA) is 35.6 Å². The van der Waals surface area contributed by atoms with Gasteiger partial charge in [0.25, 0.3) is 0 Å². The van der Waals surface area contributed by atoms with Gasteiger partial charge in [-0.05, 0) is 54.8 Å². The molecule has 1 aliphatic heterocycles. The summed E-state index contributed by atoms with van der Waals surface area (Å²) in [5, 5.41) is 2.87. The average Bonchev–Trinajstić information content (AvgIpc) is 2.64. The van der Waals surface area contributed by atoms with Crippen molar-refractivity contribution >= 4 is 33.7 Å². The van der Waals surface area contributed by atoms with E-state index in [2.05, 4.69) is 58.2 Å². The molecule has 0 unspecified atom stereocenters. The number of urea groups is 1. The van der Waals surface area contributed by atoms with E-state index in [4.69, 9.17) is 0 Å². The molecule has 2 aromatic carbocycles. The Morgan fingerprint density at radius 3 is 2.54 bits per heavy atom. The van der Waals surface area contributed by atoms with Gasteiger partial charge in [-0.1, -0.05) is 40.2 Å². The number of rotatable bonds is 3. The summed E-state index contributed by atoms with van der Waals surface area (Å²) in [4.78, 5) is 16.6. The molecule has 2 amide bonds. The Morgan fingerprint density at radius 2 is 1.81 bits per heavy atom. The van der Waals surface area contributed by atoms with E-state index in [1.165, 1.54) is 16.8 Å². The molecule has 0 aromatic heterocycles. The van der Waals surface area contributed by atoms with Crippen LogP contribution in [0.15, 0.2) is 53.1 Å². The number of carbonyl (C=O) groups is 1. The van der Waals surface area contributed by atoms with Gasteiger partial charge in [0.05, 0.1) is 0 Å². The van der Waals surface area contributed by atoms with Crippen molar-refractivity contribution in [3.8, 4) is 0 Å². The highest BCUT2D eigenvalue weighted by Crippen LogP contribution is 2.23. The van der Waals surface area contributed by atoms with Crippen LogP contribution in [0, 0.1) is 13.8 Å². The summed E-state index contributed by atoms with van der Waals surface area (Å²) < 4.78 is 1.02. The van der Waals surface area contributed by atoms with Crippen molar-refractivity contribution in [2.24, 2.45) is 0 Å². The zero-order valence-electron chi connectivity index (χ0n) is 15.2. The van der Waals surface area contributed by atoms with Crippen LogP contribution in [0.3, 0.4) is 0 Å². The predicted molar refractivity (Wildman–Crippen MR) is 111 cm³/mol. The van der Waals surface area contributed by atoms with Crippen molar-refractivity contribution in [2.75, 3.05) is 31.1 Å². The van der Waals surface area contributed by atoms with Crippen molar-refractivity contribution in [3.05, 3.63) is 69.8 Å². The van der Waals surface area contributed by atoms with Crippen LogP contribution in [0.2, 0.25) is 0 Å². The Kier molecular flexibility index (Phi) is 5.99. The zero-order chi connectivity index (χ0) is 18.5. The summed E-state index contributed by atoms with van der Waals surface area (Å²) in [5.41, 5.74) is 4.95. The third-order valence-electron chi connectivity index (χ3n) is 4.81. The molecule has 5 heteroatoms. The molecule has 0 spiro atoms. The average molecular weight is 414 g/mol. The zero-order valence-corrected chi connectivity index (χ0v) is 16.8. The van der Waals surface area contributed by atoms with Gasteiger partial charge in [0.2, 0.25) is 0 Å². The minimum absolute atomic E-state index is 0.0446. The summed E-state index contributed by atoms with van der Waals surface area (Å²) in [7, 11) is 0. The van der Waals surface area contributed by atoms with Gasteiger partial charge in [0, 0.05) is 42.5 Å². The SMILES string of the molecule is Cc1cccc(N2CCN(C(=O)N/C=C/c3cccc(Br)c3)CC2)c1C. The molecule has 0 saturated carbocycles. The standard InChI is InChI=1S/C21H24BrN3O/c1-16-5-3-8-20(17(16)2)24-11-13-25(14-12-24)21(26)23-10-9-18-6-4-7-19(22)15-18/h3-10,15H,11-14H2,1-2H3,(H,23,26)/b10-9+. The largest absolute Gasteiger partial charge is 0.368 e. The molecular formula is C21H24BrN3O. The maximum Gasteiger partial charge on any atom is 0.321 e. The van der Waals surface area contributed by atoms with Gasteiger partial charge in [-0.2, -0.15) is 0 Å². The third kappa shape index (κ3) is 4.47. The number of nitrogens with one attached hydrogen (secondary N) is 1. The van der Waals surface area contributed by atoms with E-state index in [-0.39, 0.29) is 6.03 Å². The van der Waals surface area contributed by atoms with Gasteiger partial charge < -0.3 is 15.1 Å². The van der Waals surface area contributed by atoms with Crippen LogP contribution in [-0.2, 0) is 0 Å². The quantitative estimate of drug-likeness (QED) is 0.799. The highest BCUT2D eigenvalue weighted by molar-refractivity contribution is 9.10. The summed E-state index contributed by atoms with van der Waals surface area (Å²) in [6, 6.07) is 14.3. The molecule has 136 valence electrons. The van der Waals surface area contributed by atoms with Crippen molar-refractivity contribution in [1.82, 2.24) is 10.2 Å². The number of nitrogens with zero attached hydrogens (tertiary/aromatic N) is 2. The number of hydrogen-bond donors (Lipinski definition) is 1. The van der Waals surface area contributed by atoms with Crippen molar-refractivity contribution < 1.29 is 4.79 Å². The van der Waals surface area contributed by atoms with Gasteiger partial charge in [-0.3, -0.25) is 0 Å². The van der Waals surface area contributed by atoms with Crippen LogP contribution in [0.4, 0.5) is 10.5 Å². The van der Waals surface area contributed by atoms with Crippen molar-refractivity contribution in [1.29, 1.82) is 0 Å². The molecule has 1 aliphatic rings. The summed E-state index contributed by atoms with van der Waals surface area (Å²) in [6.45, 7) is 7.46. The van der Waals surface area contributed by atoms with Gasteiger partial charge in [-0.25, -0.2) is 4.79 Å². The Morgan fingerprint density at radius 1 is 1.08 bits per heavy atom. The Hall–Kier alpha value is -2.27. The first-order valence-electron chi connectivity index (χ1n) is 8.83. The monoisotopic (exact) mass is 413 g/mol. The molecule has 2 aromatic rings. The van der Waals surface area contributed by atoms with Crippen LogP contribution in [0.5, 0.6) is 0 Å². The van der Waals surface area contributed by atoms with E-state index in [0.29, 0.717) is 0 Å². The summed E-state index contributed by atoms with van der Waals surface area (Å²) >= 11 is 3.45. The van der Waals surface area contributed by atoms with Crippen LogP contribution in [-0.4, -0.2) is 37.1 Å². The van der Waals surface area contributed by atoms with E-state index in [9.17, 15) is 4.79 Å². The minimum atomic E-state index is -0.0446. The number of hydrogen-bond acceptors (Lipinski definition) is 2. The van der Waals surface area contributed by atoms with Crippen LogP contribution < -0.4 is 10.2 Å². The first kappa shape index (κ1) is 18.5. The molecule has 0 aliphatic carbocycles. The van der Waals surface area contributed by atoms with E-state index in [1.807, 2.05) is 35.2 Å². The molecule has 1 fully saturated rings. The first-order chi connectivity index (χ1) is 12.5. The number of carbonyl (C=O) groups excluding carboxylic acids is 1. The highest BCUT2D eigenvalue weighted by Gasteiger charge is 2.21. The van der Waals surface area contributed by atoms with E-state index in [0.717, 1.165) is 36.2 Å². The van der Waals surface area contributed by atoms with Crippen LogP contribution in [0.1, 0.15) is 16.7 Å². The fourth-order valence-electron chi connectivity index (χ4n) is 3.14. The Labute approximate surface area is 163 Å². The normalized spacial score (nSPS) is 14.7. The molecule has 26 heavy (non-hydrogen) atoms. The smallest absolute Gasteiger partial charge is 0.321 e. The van der Waals surface area contributed by atoms with Crippen LogP contribution >= 0.6 is 15.9 Å². The maximum atomic E-state index is 12.4. The van der Waals surface area contributed by atoms with Gasteiger partial charge >= 0.3 is 6.03 Å². The number of benzene rings is 2. The van der Waals surface area contributed by atoms with Crippen molar-refractivity contribution in [3.63, 3.8) is 0 Å². The Bertz CT molecular complexity index is 811. The van der Waals surface area contributed by atoms with E-state index in [1.54, 1.807) is 6.20 Å². The van der Waals surface area contributed by atoms with Gasteiger partial charge in [0.1, 0.15) is 0 Å². The van der Waals surface area contributed by atoms with Crippen molar-refractivity contribution in [2.45, 2.75) is 13.8 Å². The van der Waals surface area contributed by atoms with Gasteiger partial charge in [0.15, 0.2) is 0 Å². The molecule has 1 saturated heterocycles. The number of anilines is 1.